The molecule has 1 aromatic carbocycles. The second-order valence-corrected chi connectivity index (χ2v) is 5.82. The molecule has 1 aliphatic rings. The van der Waals surface area contributed by atoms with Crippen LogP contribution in [0.15, 0.2) is 48.7 Å². The summed E-state index contributed by atoms with van der Waals surface area (Å²) < 4.78 is 1.65. The first-order valence-electron chi connectivity index (χ1n) is 7.23. The van der Waals surface area contributed by atoms with Crippen molar-refractivity contribution in [1.29, 1.82) is 0 Å². The Kier molecular flexibility index (Phi) is 3.12. The molecule has 5 heteroatoms. The number of halogens is 1. The molecule has 0 unspecified atom stereocenters. The van der Waals surface area contributed by atoms with Gasteiger partial charge in [-0.1, -0.05) is 41.9 Å². The van der Waals surface area contributed by atoms with Crippen LogP contribution in [0, 0.1) is 0 Å². The third kappa shape index (κ3) is 2.07. The molecule has 0 saturated heterocycles. The fraction of sp³-hybridized carbons (Fsp3) is 0.176. The number of carbonyl (C=O) groups excluding carboxylic acids is 1. The van der Waals surface area contributed by atoms with E-state index in [4.69, 9.17) is 11.6 Å². The number of rotatable bonds is 1. The van der Waals surface area contributed by atoms with Gasteiger partial charge in [0.15, 0.2) is 5.69 Å². The van der Waals surface area contributed by atoms with Gasteiger partial charge in [-0.2, -0.15) is 5.10 Å². The molecule has 0 atom stereocenters. The van der Waals surface area contributed by atoms with Gasteiger partial charge in [0.2, 0.25) is 0 Å². The fourth-order valence-electron chi connectivity index (χ4n) is 2.92. The Balaban J connectivity index is 1.68. The molecule has 0 fully saturated rings. The topological polar surface area (TPSA) is 37.6 Å². The van der Waals surface area contributed by atoms with Gasteiger partial charge in [0.1, 0.15) is 0 Å². The van der Waals surface area contributed by atoms with E-state index in [1.807, 2.05) is 35.2 Å². The van der Waals surface area contributed by atoms with Crippen LogP contribution in [0.3, 0.4) is 0 Å². The maximum absolute atomic E-state index is 12.8. The van der Waals surface area contributed by atoms with E-state index in [9.17, 15) is 4.79 Å². The van der Waals surface area contributed by atoms with Gasteiger partial charge in [0.25, 0.3) is 5.91 Å². The Bertz CT molecular complexity index is 871. The van der Waals surface area contributed by atoms with Crippen molar-refractivity contribution in [1.82, 2.24) is 14.5 Å². The van der Waals surface area contributed by atoms with Gasteiger partial charge in [-0.25, -0.2) is 4.52 Å². The molecular formula is C17H14ClN3O. The first-order valence-corrected chi connectivity index (χ1v) is 7.61. The highest BCUT2D eigenvalue weighted by molar-refractivity contribution is 6.36. The van der Waals surface area contributed by atoms with E-state index in [1.54, 1.807) is 10.7 Å². The highest BCUT2D eigenvalue weighted by Crippen LogP contribution is 2.25. The Hall–Kier alpha value is -2.33. The minimum absolute atomic E-state index is 0.108. The summed E-state index contributed by atoms with van der Waals surface area (Å²) in [6.45, 7) is 1.30. The van der Waals surface area contributed by atoms with Crippen molar-refractivity contribution in [2.24, 2.45) is 0 Å². The zero-order valence-electron chi connectivity index (χ0n) is 11.9. The third-order valence-corrected chi connectivity index (χ3v) is 4.47. The molecule has 0 bridgehead atoms. The van der Waals surface area contributed by atoms with Crippen molar-refractivity contribution >= 4 is 23.0 Å². The van der Waals surface area contributed by atoms with Crippen molar-refractivity contribution < 1.29 is 4.79 Å². The van der Waals surface area contributed by atoms with Crippen LogP contribution in [0.5, 0.6) is 0 Å². The number of hydrogen-bond acceptors (Lipinski definition) is 2. The second-order valence-electron chi connectivity index (χ2n) is 5.44. The van der Waals surface area contributed by atoms with E-state index >= 15 is 0 Å². The average Bonchev–Trinajstić information content (AvgIpc) is 2.91. The summed E-state index contributed by atoms with van der Waals surface area (Å²) in [4.78, 5) is 14.6. The molecule has 0 spiro atoms. The zero-order valence-corrected chi connectivity index (χ0v) is 12.6. The number of hydrogen-bond donors (Lipinski definition) is 0. The standard InChI is InChI=1S/C17H14ClN3O/c18-15-14-7-3-4-9-21(14)19-16(15)17(22)20-10-8-12-5-1-2-6-13(12)11-20/h1-7,9H,8,10-11H2. The van der Waals surface area contributed by atoms with Crippen molar-refractivity contribution in [3.05, 3.63) is 70.5 Å². The van der Waals surface area contributed by atoms with Crippen LogP contribution in [0.1, 0.15) is 21.6 Å². The molecule has 4 nitrogen and oxygen atoms in total. The van der Waals surface area contributed by atoms with Gasteiger partial charge in [0, 0.05) is 19.3 Å². The second kappa shape index (κ2) is 5.14. The third-order valence-electron chi connectivity index (χ3n) is 4.10. The van der Waals surface area contributed by atoms with E-state index < -0.39 is 0 Å². The molecule has 2 aromatic heterocycles. The first kappa shape index (κ1) is 13.3. The lowest BCUT2D eigenvalue weighted by atomic mass is 10.00. The van der Waals surface area contributed by atoms with Gasteiger partial charge in [-0.05, 0) is 29.7 Å². The van der Waals surface area contributed by atoms with Crippen LogP contribution >= 0.6 is 11.6 Å². The van der Waals surface area contributed by atoms with Crippen molar-refractivity contribution in [3.8, 4) is 0 Å². The molecule has 110 valence electrons. The molecule has 22 heavy (non-hydrogen) atoms. The molecule has 0 radical (unpaired) electrons. The summed E-state index contributed by atoms with van der Waals surface area (Å²) >= 11 is 6.34. The average molecular weight is 312 g/mol. The summed E-state index contributed by atoms with van der Waals surface area (Å²) in [5.74, 6) is -0.108. The highest BCUT2D eigenvalue weighted by Gasteiger charge is 2.26. The van der Waals surface area contributed by atoms with Crippen molar-refractivity contribution in [3.63, 3.8) is 0 Å². The van der Waals surface area contributed by atoms with Gasteiger partial charge in [-0.3, -0.25) is 4.79 Å². The summed E-state index contributed by atoms with van der Waals surface area (Å²) in [5.41, 5.74) is 3.59. The fourth-order valence-corrected chi connectivity index (χ4v) is 3.19. The van der Waals surface area contributed by atoms with Crippen LogP contribution in [0.4, 0.5) is 0 Å². The van der Waals surface area contributed by atoms with E-state index in [2.05, 4.69) is 17.2 Å². The largest absolute Gasteiger partial charge is 0.333 e. The normalized spacial score (nSPS) is 14.1. The van der Waals surface area contributed by atoms with Crippen LogP contribution in [0.2, 0.25) is 5.02 Å². The Morgan fingerprint density at radius 1 is 1.09 bits per heavy atom. The van der Waals surface area contributed by atoms with E-state index in [0.29, 0.717) is 23.8 Å². The summed E-state index contributed by atoms with van der Waals surface area (Å²) in [5, 5.41) is 4.76. The lowest BCUT2D eigenvalue weighted by Gasteiger charge is -2.28. The summed E-state index contributed by atoms with van der Waals surface area (Å²) in [7, 11) is 0. The number of fused-ring (bicyclic) bond motifs is 2. The number of pyridine rings is 1. The maximum Gasteiger partial charge on any atom is 0.276 e. The number of benzene rings is 1. The van der Waals surface area contributed by atoms with Gasteiger partial charge in [-0.15, -0.1) is 0 Å². The minimum atomic E-state index is -0.108. The molecule has 0 saturated carbocycles. The Labute approximate surface area is 132 Å². The Morgan fingerprint density at radius 3 is 2.68 bits per heavy atom. The molecule has 4 rings (SSSR count). The molecule has 0 N–H and O–H groups in total. The lowest BCUT2D eigenvalue weighted by Crippen LogP contribution is -2.36. The molecule has 1 amide bonds. The Morgan fingerprint density at radius 2 is 1.86 bits per heavy atom. The van der Waals surface area contributed by atoms with Crippen molar-refractivity contribution in [2.75, 3.05) is 6.54 Å². The molecule has 3 aromatic rings. The van der Waals surface area contributed by atoms with Gasteiger partial charge < -0.3 is 4.90 Å². The minimum Gasteiger partial charge on any atom is -0.333 e. The summed E-state index contributed by atoms with van der Waals surface area (Å²) in [6.07, 6.45) is 2.66. The van der Waals surface area contributed by atoms with Gasteiger partial charge in [0.05, 0.1) is 10.5 Å². The predicted octanol–water partition coefficient (Wildman–Crippen LogP) is 3.19. The van der Waals surface area contributed by atoms with E-state index in [-0.39, 0.29) is 5.91 Å². The number of carbonyl (C=O) groups is 1. The number of aromatic nitrogens is 2. The highest BCUT2D eigenvalue weighted by atomic mass is 35.5. The van der Waals surface area contributed by atoms with Crippen LogP contribution in [-0.2, 0) is 13.0 Å². The molecule has 1 aliphatic heterocycles. The maximum atomic E-state index is 12.8. The molecule has 3 heterocycles. The molecule has 0 aliphatic carbocycles. The monoisotopic (exact) mass is 311 g/mol. The lowest BCUT2D eigenvalue weighted by molar-refractivity contribution is 0.0728. The summed E-state index contributed by atoms with van der Waals surface area (Å²) in [6, 6.07) is 13.8. The number of amides is 1. The molecular weight excluding hydrogens is 298 g/mol. The zero-order chi connectivity index (χ0) is 15.1. The number of nitrogens with zero attached hydrogens (tertiary/aromatic N) is 3. The SMILES string of the molecule is O=C(c1nn2ccccc2c1Cl)N1CCc2ccccc2C1. The smallest absolute Gasteiger partial charge is 0.276 e. The quantitative estimate of drug-likeness (QED) is 0.692. The predicted molar refractivity (Wildman–Crippen MR) is 85.1 cm³/mol. The van der Waals surface area contributed by atoms with E-state index in [1.165, 1.54) is 11.1 Å². The van der Waals surface area contributed by atoms with Crippen LogP contribution < -0.4 is 0 Å². The van der Waals surface area contributed by atoms with E-state index in [0.717, 1.165) is 11.9 Å². The van der Waals surface area contributed by atoms with Crippen LogP contribution in [-0.4, -0.2) is 27.0 Å². The first-order chi connectivity index (χ1) is 10.7. The van der Waals surface area contributed by atoms with Crippen molar-refractivity contribution in [2.45, 2.75) is 13.0 Å². The van der Waals surface area contributed by atoms with Crippen LogP contribution in [0.25, 0.3) is 5.52 Å². The van der Waals surface area contributed by atoms with Gasteiger partial charge >= 0.3 is 0 Å².